The molecular weight excluding hydrogens is 416 g/mol. The number of carbonyl (C=O) groups excluding carboxylic acids is 2. The number of methoxy groups -OCH3 is 1. The van der Waals surface area contributed by atoms with E-state index < -0.39 is 0 Å². The van der Waals surface area contributed by atoms with Crippen molar-refractivity contribution in [1.82, 2.24) is 14.9 Å². The van der Waals surface area contributed by atoms with Gasteiger partial charge in [-0.25, -0.2) is 9.97 Å². The van der Waals surface area contributed by atoms with Crippen LogP contribution < -0.4 is 10.1 Å². The zero-order valence-corrected chi connectivity index (χ0v) is 19.0. The standard InChI is InChI=1S/C26H30N4O3/c1-33-20-4-2-3-19(10-20)24(31)30-6-5-21-22(14-30)27-15-28-23(21)29-25(32)26-11-16-7-17(12-26)9-18(8-16)13-26/h2-4,10,15-18H,5-9,11-14H2,1H3,(H,27,28,29,32). The van der Waals surface area contributed by atoms with Crippen LogP contribution in [0.15, 0.2) is 30.6 Å². The molecule has 7 rings (SSSR count). The third kappa shape index (κ3) is 3.58. The lowest BCUT2D eigenvalue weighted by atomic mass is 9.49. The molecule has 4 saturated carbocycles. The molecule has 7 heteroatoms. The van der Waals surface area contributed by atoms with E-state index in [9.17, 15) is 9.59 Å². The molecule has 2 amide bonds. The first-order chi connectivity index (χ1) is 16.0. The highest BCUT2D eigenvalue weighted by Crippen LogP contribution is 2.60. The van der Waals surface area contributed by atoms with Gasteiger partial charge in [0.15, 0.2) is 0 Å². The molecule has 7 nitrogen and oxygen atoms in total. The van der Waals surface area contributed by atoms with Crippen LogP contribution in [0.5, 0.6) is 5.75 Å². The summed E-state index contributed by atoms with van der Waals surface area (Å²) < 4.78 is 5.26. The van der Waals surface area contributed by atoms with E-state index in [1.807, 2.05) is 12.1 Å². The van der Waals surface area contributed by atoms with Crippen LogP contribution in [0.25, 0.3) is 0 Å². The second kappa shape index (κ2) is 7.82. The SMILES string of the molecule is COc1cccc(C(=O)N2CCc3c(ncnc3NC(=O)C34CC5CC(CC(C5)C3)C4)C2)c1. The molecular formula is C26H30N4O3. The van der Waals surface area contributed by atoms with Crippen LogP contribution in [0.1, 0.15) is 60.1 Å². The van der Waals surface area contributed by atoms with E-state index in [0.717, 1.165) is 48.3 Å². The predicted molar refractivity (Wildman–Crippen MR) is 123 cm³/mol. The number of anilines is 1. The molecule has 2 heterocycles. The molecule has 0 unspecified atom stereocenters. The highest BCUT2D eigenvalue weighted by atomic mass is 16.5. The number of amides is 2. The largest absolute Gasteiger partial charge is 0.497 e. The Morgan fingerprint density at radius 2 is 1.82 bits per heavy atom. The van der Waals surface area contributed by atoms with Crippen molar-refractivity contribution in [2.45, 2.75) is 51.5 Å². The molecule has 1 N–H and O–H groups in total. The van der Waals surface area contributed by atoms with Crippen LogP contribution >= 0.6 is 0 Å². The number of carbonyl (C=O) groups is 2. The van der Waals surface area contributed by atoms with Crippen LogP contribution in [0, 0.1) is 23.2 Å². The van der Waals surface area contributed by atoms with Gasteiger partial charge >= 0.3 is 0 Å². The van der Waals surface area contributed by atoms with Gasteiger partial charge in [-0.2, -0.15) is 0 Å². The molecule has 2 aromatic rings. The molecule has 0 radical (unpaired) electrons. The molecule has 0 spiro atoms. The summed E-state index contributed by atoms with van der Waals surface area (Å²) in [6.45, 7) is 0.977. The van der Waals surface area contributed by atoms with Gasteiger partial charge in [0, 0.05) is 17.7 Å². The summed E-state index contributed by atoms with van der Waals surface area (Å²) in [7, 11) is 1.59. The molecule has 0 atom stereocenters. The van der Waals surface area contributed by atoms with Crippen molar-refractivity contribution in [2.24, 2.45) is 23.2 Å². The number of benzene rings is 1. The molecule has 1 aliphatic heterocycles. The Labute approximate surface area is 193 Å². The van der Waals surface area contributed by atoms with Crippen molar-refractivity contribution in [3.63, 3.8) is 0 Å². The quantitative estimate of drug-likeness (QED) is 0.771. The summed E-state index contributed by atoms with van der Waals surface area (Å²) >= 11 is 0. The van der Waals surface area contributed by atoms with Crippen LogP contribution in [0.2, 0.25) is 0 Å². The van der Waals surface area contributed by atoms with Gasteiger partial charge in [0.05, 0.1) is 24.8 Å². The van der Waals surface area contributed by atoms with Gasteiger partial charge in [-0.3, -0.25) is 9.59 Å². The third-order valence-electron chi connectivity index (χ3n) is 8.36. The van der Waals surface area contributed by atoms with Gasteiger partial charge in [-0.1, -0.05) is 6.07 Å². The second-order valence-corrected chi connectivity index (χ2v) is 10.5. The summed E-state index contributed by atoms with van der Waals surface area (Å²) in [5.41, 5.74) is 2.16. The average Bonchev–Trinajstić information content (AvgIpc) is 2.82. The van der Waals surface area contributed by atoms with E-state index in [4.69, 9.17) is 4.74 Å². The molecule has 1 aromatic heterocycles. The highest BCUT2D eigenvalue weighted by molar-refractivity contribution is 5.96. The van der Waals surface area contributed by atoms with E-state index in [0.29, 0.717) is 36.6 Å². The number of hydrogen-bond acceptors (Lipinski definition) is 5. The number of nitrogens with zero attached hydrogens (tertiary/aromatic N) is 3. The van der Waals surface area contributed by atoms with Crippen molar-refractivity contribution in [1.29, 1.82) is 0 Å². The molecule has 4 fully saturated rings. The number of rotatable bonds is 4. The van der Waals surface area contributed by atoms with Crippen molar-refractivity contribution < 1.29 is 14.3 Å². The van der Waals surface area contributed by atoms with Crippen molar-refractivity contribution in [3.05, 3.63) is 47.4 Å². The molecule has 4 bridgehead atoms. The van der Waals surface area contributed by atoms with E-state index in [-0.39, 0.29) is 17.2 Å². The molecule has 5 aliphatic rings. The maximum Gasteiger partial charge on any atom is 0.254 e. The fourth-order valence-corrected chi connectivity index (χ4v) is 7.20. The summed E-state index contributed by atoms with van der Waals surface area (Å²) in [6, 6.07) is 7.21. The molecule has 33 heavy (non-hydrogen) atoms. The molecule has 4 aliphatic carbocycles. The average molecular weight is 447 g/mol. The minimum atomic E-state index is -0.213. The maximum atomic E-state index is 13.5. The molecule has 0 saturated heterocycles. The highest BCUT2D eigenvalue weighted by Gasteiger charge is 2.54. The maximum absolute atomic E-state index is 13.5. The van der Waals surface area contributed by atoms with Crippen LogP contribution in [-0.2, 0) is 17.8 Å². The monoisotopic (exact) mass is 446 g/mol. The lowest BCUT2D eigenvalue weighted by Crippen LogP contribution is -2.52. The van der Waals surface area contributed by atoms with Crippen LogP contribution in [0.4, 0.5) is 5.82 Å². The molecule has 1 aromatic carbocycles. The van der Waals surface area contributed by atoms with Crippen LogP contribution in [-0.4, -0.2) is 40.3 Å². The summed E-state index contributed by atoms with van der Waals surface area (Å²) in [6.07, 6.45) is 9.16. The second-order valence-electron chi connectivity index (χ2n) is 10.5. The smallest absolute Gasteiger partial charge is 0.254 e. The topological polar surface area (TPSA) is 84.4 Å². The Hall–Kier alpha value is -2.96. The first-order valence-corrected chi connectivity index (χ1v) is 12.1. The van der Waals surface area contributed by atoms with Gasteiger partial charge in [0.1, 0.15) is 17.9 Å². The number of ether oxygens (including phenoxy) is 1. The summed E-state index contributed by atoms with van der Waals surface area (Å²) in [5.74, 6) is 3.56. The summed E-state index contributed by atoms with van der Waals surface area (Å²) in [5, 5.41) is 3.21. The number of hydrogen-bond donors (Lipinski definition) is 1. The van der Waals surface area contributed by atoms with Gasteiger partial charge in [-0.05, 0) is 80.9 Å². The van der Waals surface area contributed by atoms with Crippen molar-refractivity contribution in [2.75, 3.05) is 19.0 Å². The van der Waals surface area contributed by atoms with Crippen molar-refractivity contribution >= 4 is 17.6 Å². The lowest BCUT2D eigenvalue weighted by Gasteiger charge is -2.55. The van der Waals surface area contributed by atoms with Crippen LogP contribution in [0.3, 0.4) is 0 Å². The van der Waals surface area contributed by atoms with Gasteiger partial charge in [0.2, 0.25) is 5.91 Å². The minimum Gasteiger partial charge on any atom is -0.497 e. The van der Waals surface area contributed by atoms with E-state index >= 15 is 0 Å². The van der Waals surface area contributed by atoms with Gasteiger partial charge in [-0.15, -0.1) is 0 Å². The van der Waals surface area contributed by atoms with Gasteiger partial charge < -0.3 is 15.0 Å². The van der Waals surface area contributed by atoms with E-state index in [1.54, 1.807) is 24.1 Å². The fourth-order valence-electron chi connectivity index (χ4n) is 7.20. The third-order valence-corrected chi connectivity index (χ3v) is 8.36. The van der Waals surface area contributed by atoms with E-state index in [1.165, 1.54) is 25.6 Å². The van der Waals surface area contributed by atoms with Crippen molar-refractivity contribution in [3.8, 4) is 5.75 Å². The lowest BCUT2D eigenvalue weighted by molar-refractivity contribution is -0.140. The first kappa shape index (κ1) is 20.6. The Balaban J connectivity index is 1.20. The normalized spacial score (nSPS) is 29.5. The Morgan fingerprint density at radius 3 is 2.52 bits per heavy atom. The fraction of sp³-hybridized carbons (Fsp3) is 0.538. The minimum absolute atomic E-state index is 0.0442. The predicted octanol–water partition coefficient (Wildman–Crippen LogP) is 3.84. The zero-order chi connectivity index (χ0) is 22.6. The zero-order valence-electron chi connectivity index (χ0n) is 19.0. The Bertz CT molecular complexity index is 1080. The summed E-state index contributed by atoms with van der Waals surface area (Å²) in [4.78, 5) is 37.3. The Morgan fingerprint density at radius 1 is 1.09 bits per heavy atom. The van der Waals surface area contributed by atoms with E-state index in [2.05, 4.69) is 15.3 Å². The molecule has 172 valence electrons. The Kier molecular flexibility index (Phi) is 4.89. The first-order valence-electron chi connectivity index (χ1n) is 12.1. The number of nitrogens with one attached hydrogen (secondary N) is 1. The number of fused-ring (bicyclic) bond motifs is 1. The van der Waals surface area contributed by atoms with Gasteiger partial charge in [0.25, 0.3) is 5.91 Å². The number of aromatic nitrogens is 2.